The molecule has 2 aromatic rings. The van der Waals surface area contributed by atoms with Crippen molar-refractivity contribution in [2.45, 2.75) is 46.6 Å². The maximum atomic E-state index is 11.6. The van der Waals surface area contributed by atoms with Gasteiger partial charge in [0.2, 0.25) is 5.91 Å². The molecule has 1 unspecified atom stereocenters. The molecule has 3 nitrogen and oxygen atoms in total. The van der Waals surface area contributed by atoms with Gasteiger partial charge >= 0.3 is 0 Å². The molecule has 0 radical (unpaired) electrons. The third-order valence-corrected chi connectivity index (χ3v) is 4.97. The van der Waals surface area contributed by atoms with Crippen LogP contribution in [0.2, 0.25) is 0 Å². The number of carbonyl (C=O) groups excluding carboxylic acids is 1. The Labute approximate surface area is 149 Å². The van der Waals surface area contributed by atoms with Gasteiger partial charge in [0.1, 0.15) is 11.4 Å². The van der Waals surface area contributed by atoms with Crippen LogP contribution in [0.4, 0.5) is 5.69 Å². The topological polar surface area (TPSA) is 38.3 Å². The molecule has 0 spiro atoms. The summed E-state index contributed by atoms with van der Waals surface area (Å²) in [4.78, 5) is 11.6. The van der Waals surface area contributed by atoms with E-state index in [-0.39, 0.29) is 11.5 Å². The van der Waals surface area contributed by atoms with Crippen LogP contribution in [0.25, 0.3) is 6.08 Å². The van der Waals surface area contributed by atoms with Crippen molar-refractivity contribution in [2.24, 2.45) is 0 Å². The Morgan fingerprint density at radius 1 is 1.12 bits per heavy atom. The minimum Gasteiger partial charge on any atom is -0.483 e. The molecule has 1 aliphatic heterocycles. The van der Waals surface area contributed by atoms with Gasteiger partial charge in [0.15, 0.2) is 0 Å². The van der Waals surface area contributed by atoms with Gasteiger partial charge in [-0.25, -0.2) is 0 Å². The average Bonchev–Trinajstić information content (AvgIpc) is 2.94. The number of hydrogen-bond donors (Lipinski definition) is 1. The summed E-state index contributed by atoms with van der Waals surface area (Å²) in [5.74, 6) is 0.917. The van der Waals surface area contributed by atoms with Crippen molar-refractivity contribution in [2.75, 3.05) is 5.32 Å². The van der Waals surface area contributed by atoms with Crippen LogP contribution in [0.1, 0.15) is 41.7 Å². The minimum absolute atomic E-state index is 0.0452. The molecule has 0 bridgehead atoms. The van der Waals surface area contributed by atoms with E-state index in [1.165, 1.54) is 5.56 Å². The fraction of sp³-hybridized carbons (Fsp3) is 0.318. The second-order valence-electron chi connectivity index (χ2n) is 7.07. The molecule has 25 heavy (non-hydrogen) atoms. The predicted octanol–water partition coefficient (Wildman–Crippen LogP) is 4.98. The summed E-state index contributed by atoms with van der Waals surface area (Å²) in [6, 6.07) is 10.2. The lowest BCUT2D eigenvalue weighted by molar-refractivity contribution is -0.114. The molecule has 3 heteroatoms. The van der Waals surface area contributed by atoms with Gasteiger partial charge in [-0.2, -0.15) is 0 Å². The first-order valence-corrected chi connectivity index (χ1v) is 8.64. The highest BCUT2D eigenvalue weighted by Crippen LogP contribution is 2.45. The van der Waals surface area contributed by atoms with Gasteiger partial charge in [-0.1, -0.05) is 36.4 Å². The van der Waals surface area contributed by atoms with E-state index in [9.17, 15) is 4.79 Å². The second kappa shape index (κ2) is 6.40. The highest BCUT2D eigenvalue weighted by molar-refractivity contribution is 5.91. The molecular formula is C22H25NO2. The average molecular weight is 335 g/mol. The van der Waals surface area contributed by atoms with E-state index < -0.39 is 0 Å². The number of nitrogens with one attached hydrogen (secondary N) is 1. The Morgan fingerprint density at radius 2 is 1.80 bits per heavy atom. The molecular weight excluding hydrogens is 310 g/mol. The second-order valence-corrected chi connectivity index (χ2v) is 7.07. The molecule has 0 aliphatic carbocycles. The number of fused-ring (bicyclic) bond motifs is 1. The van der Waals surface area contributed by atoms with Gasteiger partial charge in [0, 0.05) is 24.6 Å². The highest BCUT2D eigenvalue weighted by atomic mass is 16.5. The molecule has 1 atom stereocenters. The summed E-state index contributed by atoms with van der Waals surface area (Å²) < 4.78 is 6.37. The monoisotopic (exact) mass is 335 g/mol. The Morgan fingerprint density at radius 3 is 2.44 bits per heavy atom. The van der Waals surface area contributed by atoms with Crippen molar-refractivity contribution in [1.82, 2.24) is 0 Å². The largest absolute Gasteiger partial charge is 0.483 e. The minimum atomic E-state index is -0.380. The van der Waals surface area contributed by atoms with E-state index in [0.29, 0.717) is 0 Å². The standard InChI is InChI=1S/C22H25NO2/c1-14-15(2)21-19(16(3)20(14)23-17(4)24)13-22(5,25-21)12-11-18-9-7-6-8-10-18/h6-12H,13H2,1-5H3,(H,23,24)/b12-11-. The first kappa shape index (κ1) is 17.3. The fourth-order valence-electron chi connectivity index (χ4n) is 3.45. The summed E-state index contributed by atoms with van der Waals surface area (Å²) >= 11 is 0. The first-order chi connectivity index (χ1) is 11.8. The number of rotatable bonds is 3. The van der Waals surface area contributed by atoms with Crippen LogP contribution in [0.15, 0.2) is 36.4 Å². The Balaban J connectivity index is 1.97. The number of anilines is 1. The number of hydrogen-bond acceptors (Lipinski definition) is 2. The lowest BCUT2D eigenvalue weighted by Crippen LogP contribution is -2.27. The fourth-order valence-corrected chi connectivity index (χ4v) is 3.45. The molecule has 0 saturated heterocycles. The molecule has 2 aromatic carbocycles. The third kappa shape index (κ3) is 3.32. The van der Waals surface area contributed by atoms with Gasteiger partial charge in [-0.15, -0.1) is 0 Å². The summed E-state index contributed by atoms with van der Waals surface area (Å²) in [5.41, 5.74) is 6.16. The highest BCUT2D eigenvalue weighted by Gasteiger charge is 2.36. The zero-order valence-corrected chi connectivity index (χ0v) is 15.6. The van der Waals surface area contributed by atoms with E-state index in [0.717, 1.165) is 40.1 Å². The lowest BCUT2D eigenvalue weighted by Gasteiger charge is -2.20. The van der Waals surface area contributed by atoms with Crippen LogP contribution in [0.5, 0.6) is 5.75 Å². The first-order valence-electron chi connectivity index (χ1n) is 8.64. The molecule has 0 saturated carbocycles. The molecule has 1 N–H and O–H groups in total. The summed E-state index contributed by atoms with van der Waals surface area (Å²) in [5, 5.41) is 2.98. The third-order valence-electron chi connectivity index (χ3n) is 4.97. The zero-order chi connectivity index (χ0) is 18.2. The van der Waals surface area contributed by atoms with Crippen LogP contribution in [0.3, 0.4) is 0 Å². The van der Waals surface area contributed by atoms with E-state index in [4.69, 9.17) is 4.74 Å². The van der Waals surface area contributed by atoms with Crippen molar-refractivity contribution >= 4 is 17.7 Å². The van der Waals surface area contributed by atoms with E-state index in [2.05, 4.69) is 50.4 Å². The summed E-state index contributed by atoms with van der Waals surface area (Å²) in [6.07, 6.45) is 5.04. The van der Waals surface area contributed by atoms with Crippen LogP contribution >= 0.6 is 0 Å². The molecule has 0 fully saturated rings. The van der Waals surface area contributed by atoms with Crippen LogP contribution < -0.4 is 10.1 Å². The van der Waals surface area contributed by atoms with Gasteiger partial charge in [-0.05, 0) is 56.0 Å². The number of benzene rings is 2. The quantitative estimate of drug-likeness (QED) is 0.859. The smallest absolute Gasteiger partial charge is 0.221 e. The molecule has 130 valence electrons. The van der Waals surface area contributed by atoms with E-state index >= 15 is 0 Å². The molecule has 0 aromatic heterocycles. The van der Waals surface area contributed by atoms with Crippen molar-refractivity contribution in [3.8, 4) is 5.75 Å². The van der Waals surface area contributed by atoms with Crippen molar-refractivity contribution in [3.63, 3.8) is 0 Å². The Kier molecular flexibility index (Phi) is 4.42. The van der Waals surface area contributed by atoms with Crippen LogP contribution in [0, 0.1) is 20.8 Å². The molecule has 1 heterocycles. The lowest BCUT2D eigenvalue weighted by atomic mass is 9.91. The summed E-state index contributed by atoms with van der Waals surface area (Å²) in [6.45, 7) is 9.81. The normalized spacial score (nSPS) is 18.9. The van der Waals surface area contributed by atoms with E-state index in [1.807, 2.05) is 25.1 Å². The maximum absolute atomic E-state index is 11.6. The van der Waals surface area contributed by atoms with Crippen LogP contribution in [-0.2, 0) is 11.2 Å². The Bertz CT molecular complexity index is 852. The van der Waals surface area contributed by atoms with Gasteiger partial charge in [0.25, 0.3) is 0 Å². The number of carbonyl (C=O) groups is 1. The van der Waals surface area contributed by atoms with Crippen molar-refractivity contribution in [1.29, 1.82) is 0 Å². The van der Waals surface area contributed by atoms with Crippen LogP contribution in [-0.4, -0.2) is 11.5 Å². The van der Waals surface area contributed by atoms with Crippen molar-refractivity contribution in [3.05, 3.63) is 64.2 Å². The van der Waals surface area contributed by atoms with Crippen molar-refractivity contribution < 1.29 is 9.53 Å². The van der Waals surface area contributed by atoms with Gasteiger partial charge < -0.3 is 10.1 Å². The molecule has 1 amide bonds. The van der Waals surface area contributed by atoms with E-state index in [1.54, 1.807) is 6.92 Å². The number of ether oxygens (including phenoxy) is 1. The number of amides is 1. The van der Waals surface area contributed by atoms with Gasteiger partial charge in [0.05, 0.1) is 0 Å². The zero-order valence-electron chi connectivity index (χ0n) is 15.6. The maximum Gasteiger partial charge on any atom is 0.221 e. The van der Waals surface area contributed by atoms with Gasteiger partial charge in [-0.3, -0.25) is 4.79 Å². The molecule has 1 aliphatic rings. The molecule has 3 rings (SSSR count). The SMILES string of the molecule is CC(=O)Nc1c(C)c(C)c2c(c1C)CC(C)(/C=C\c1ccccc1)O2. The summed E-state index contributed by atoms with van der Waals surface area (Å²) in [7, 11) is 0. The predicted molar refractivity (Wildman–Crippen MR) is 103 cm³/mol. The Hall–Kier alpha value is -2.55.